The average molecular weight is 353 g/mol. The molecule has 0 saturated carbocycles. The van der Waals surface area contributed by atoms with E-state index in [4.69, 9.17) is 5.73 Å². The van der Waals surface area contributed by atoms with Gasteiger partial charge in [-0.2, -0.15) is 0 Å². The van der Waals surface area contributed by atoms with Crippen LogP contribution in [0.2, 0.25) is 0 Å². The Morgan fingerprint density at radius 3 is 2.75 bits per heavy atom. The number of nitrogens with two attached hydrogens (primary N) is 1. The Morgan fingerprint density at radius 1 is 1.35 bits per heavy atom. The number of aryl methyl sites for hydroxylation is 1. The Kier molecular flexibility index (Phi) is 4.67. The molecule has 2 rings (SSSR count). The number of nitrogen functional groups attached to an aromatic ring is 1. The molecule has 2 N–H and O–H groups in total. The van der Waals surface area contributed by atoms with Crippen LogP contribution in [0.4, 0.5) is 11.4 Å². The molecule has 2 aromatic rings. The van der Waals surface area contributed by atoms with E-state index in [9.17, 15) is 10.1 Å². The molecule has 0 radical (unpaired) electrons. The molecule has 0 aliphatic rings. The third-order valence-corrected chi connectivity index (χ3v) is 4.78. The van der Waals surface area contributed by atoms with Crippen molar-refractivity contribution in [1.29, 1.82) is 0 Å². The number of halogens is 1. The minimum Gasteiger partial charge on any atom is -0.398 e. The zero-order chi connectivity index (χ0) is 14.7. The van der Waals surface area contributed by atoms with Crippen LogP contribution < -0.4 is 5.73 Å². The predicted molar refractivity (Wildman–Crippen MR) is 85.9 cm³/mol. The van der Waals surface area contributed by atoms with Gasteiger partial charge in [0.15, 0.2) is 0 Å². The van der Waals surface area contributed by atoms with Gasteiger partial charge in [0.25, 0.3) is 5.69 Å². The van der Waals surface area contributed by atoms with Crippen LogP contribution in [0.1, 0.15) is 11.1 Å². The number of anilines is 1. The van der Waals surface area contributed by atoms with Crippen molar-refractivity contribution in [1.82, 2.24) is 0 Å². The molecule has 0 bridgehead atoms. The van der Waals surface area contributed by atoms with Crippen molar-refractivity contribution in [3.63, 3.8) is 0 Å². The summed E-state index contributed by atoms with van der Waals surface area (Å²) < 4.78 is 0.741. The summed E-state index contributed by atoms with van der Waals surface area (Å²) in [7, 11) is 0. The van der Waals surface area contributed by atoms with Gasteiger partial charge in [-0.1, -0.05) is 34.1 Å². The first kappa shape index (κ1) is 14.9. The smallest absolute Gasteiger partial charge is 0.270 e. The lowest BCUT2D eigenvalue weighted by molar-refractivity contribution is -0.384. The van der Waals surface area contributed by atoms with E-state index >= 15 is 0 Å². The summed E-state index contributed by atoms with van der Waals surface area (Å²) in [5.41, 5.74) is 8.95. The molecular formula is C14H13BrN2O2S. The van der Waals surface area contributed by atoms with Crippen molar-refractivity contribution in [2.45, 2.75) is 17.6 Å². The number of para-hydroxylation sites is 1. The highest BCUT2D eigenvalue weighted by Crippen LogP contribution is 2.33. The van der Waals surface area contributed by atoms with Crippen LogP contribution in [0, 0.1) is 17.0 Å². The molecule has 0 spiro atoms. The van der Waals surface area contributed by atoms with E-state index in [-0.39, 0.29) is 5.69 Å². The fourth-order valence-electron chi connectivity index (χ4n) is 1.70. The molecule has 0 aliphatic heterocycles. The number of nitrogens with zero attached hydrogens (tertiary/aromatic N) is 1. The van der Waals surface area contributed by atoms with Crippen molar-refractivity contribution in [2.24, 2.45) is 0 Å². The number of nitro groups is 1. The fraction of sp³-hybridized carbons (Fsp3) is 0.143. The number of hydrogen-bond acceptors (Lipinski definition) is 4. The highest BCUT2D eigenvalue weighted by molar-refractivity contribution is 9.10. The van der Waals surface area contributed by atoms with Gasteiger partial charge in [0.05, 0.1) is 4.92 Å². The SMILES string of the molecule is Cc1cccc(SCc2ccc([N+](=O)[O-])cc2Br)c1N. The molecule has 0 unspecified atom stereocenters. The van der Waals surface area contributed by atoms with Crippen LogP contribution in [0.5, 0.6) is 0 Å². The van der Waals surface area contributed by atoms with Crippen molar-refractivity contribution in [2.75, 3.05) is 5.73 Å². The second-order valence-corrected chi connectivity index (χ2v) is 6.18. The van der Waals surface area contributed by atoms with Gasteiger partial charge in [0.1, 0.15) is 0 Å². The molecule has 0 heterocycles. The lowest BCUT2D eigenvalue weighted by Crippen LogP contribution is -1.93. The van der Waals surface area contributed by atoms with Gasteiger partial charge in [0.2, 0.25) is 0 Å². The number of benzene rings is 2. The summed E-state index contributed by atoms with van der Waals surface area (Å²) in [4.78, 5) is 11.3. The fourth-order valence-corrected chi connectivity index (χ4v) is 3.45. The van der Waals surface area contributed by atoms with E-state index in [1.807, 2.05) is 25.1 Å². The number of rotatable bonds is 4. The Balaban J connectivity index is 2.15. The van der Waals surface area contributed by atoms with Crippen LogP contribution in [0.25, 0.3) is 0 Å². The molecule has 0 atom stereocenters. The maximum absolute atomic E-state index is 10.7. The van der Waals surface area contributed by atoms with Crippen LogP contribution in [0.3, 0.4) is 0 Å². The minimum atomic E-state index is -0.403. The van der Waals surface area contributed by atoms with Crippen molar-refractivity contribution >= 4 is 39.1 Å². The van der Waals surface area contributed by atoms with Crippen LogP contribution in [0.15, 0.2) is 45.8 Å². The molecule has 2 aromatic carbocycles. The molecule has 0 aromatic heterocycles. The number of thioether (sulfide) groups is 1. The van der Waals surface area contributed by atoms with Gasteiger partial charge in [-0.25, -0.2) is 0 Å². The maximum atomic E-state index is 10.7. The zero-order valence-electron chi connectivity index (χ0n) is 10.8. The van der Waals surface area contributed by atoms with Crippen molar-refractivity contribution in [3.8, 4) is 0 Å². The zero-order valence-corrected chi connectivity index (χ0v) is 13.2. The number of non-ortho nitro benzene ring substituents is 1. The topological polar surface area (TPSA) is 69.2 Å². The second kappa shape index (κ2) is 6.28. The summed E-state index contributed by atoms with van der Waals surface area (Å²) in [5, 5.41) is 10.7. The van der Waals surface area contributed by atoms with Crippen LogP contribution in [-0.4, -0.2) is 4.92 Å². The van der Waals surface area contributed by atoms with Crippen molar-refractivity contribution < 1.29 is 4.92 Å². The van der Waals surface area contributed by atoms with Gasteiger partial charge in [-0.15, -0.1) is 11.8 Å². The molecule has 6 heteroatoms. The van der Waals surface area contributed by atoms with Crippen LogP contribution in [-0.2, 0) is 5.75 Å². The predicted octanol–water partition coefficient (Wildman–Crippen LogP) is 4.54. The number of nitro benzene ring substituents is 1. The third-order valence-electron chi connectivity index (χ3n) is 2.91. The van der Waals surface area contributed by atoms with Gasteiger partial charge in [-0.05, 0) is 24.1 Å². The van der Waals surface area contributed by atoms with E-state index in [2.05, 4.69) is 15.9 Å². The van der Waals surface area contributed by atoms with Gasteiger partial charge in [-0.3, -0.25) is 10.1 Å². The van der Waals surface area contributed by atoms with E-state index in [1.165, 1.54) is 12.1 Å². The van der Waals surface area contributed by atoms with Crippen LogP contribution >= 0.6 is 27.7 Å². The summed E-state index contributed by atoms with van der Waals surface area (Å²) >= 11 is 4.99. The average Bonchev–Trinajstić information content (AvgIpc) is 2.41. The van der Waals surface area contributed by atoms with E-state index in [1.54, 1.807) is 17.8 Å². The normalized spacial score (nSPS) is 10.5. The molecular weight excluding hydrogens is 340 g/mol. The monoisotopic (exact) mass is 352 g/mol. The van der Waals surface area contributed by atoms with E-state index in [0.29, 0.717) is 5.75 Å². The highest BCUT2D eigenvalue weighted by Gasteiger charge is 2.10. The van der Waals surface area contributed by atoms with Gasteiger partial charge >= 0.3 is 0 Å². The quantitative estimate of drug-likeness (QED) is 0.379. The van der Waals surface area contributed by atoms with Crippen molar-refractivity contribution in [3.05, 3.63) is 62.1 Å². The Morgan fingerprint density at radius 2 is 2.10 bits per heavy atom. The molecule has 4 nitrogen and oxygen atoms in total. The molecule has 0 aliphatic carbocycles. The summed E-state index contributed by atoms with van der Waals surface area (Å²) in [6.45, 7) is 1.97. The first-order valence-electron chi connectivity index (χ1n) is 5.89. The van der Waals surface area contributed by atoms with E-state index in [0.717, 1.165) is 26.2 Å². The lowest BCUT2D eigenvalue weighted by Gasteiger charge is -2.08. The molecule has 0 fully saturated rings. The molecule has 0 amide bonds. The summed E-state index contributed by atoms with van der Waals surface area (Å²) in [5.74, 6) is 0.701. The molecule has 104 valence electrons. The second-order valence-electron chi connectivity index (χ2n) is 4.31. The highest BCUT2D eigenvalue weighted by atomic mass is 79.9. The summed E-state index contributed by atoms with van der Waals surface area (Å²) in [6, 6.07) is 10.7. The Bertz CT molecular complexity index is 662. The minimum absolute atomic E-state index is 0.0840. The van der Waals surface area contributed by atoms with Gasteiger partial charge in [0, 0.05) is 32.9 Å². The standard InChI is InChI=1S/C14H13BrN2O2S/c1-9-3-2-4-13(14(9)16)20-8-10-5-6-11(17(18)19)7-12(10)15/h2-7H,8,16H2,1H3. The lowest BCUT2D eigenvalue weighted by atomic mass is 10.2. The first-order valence-corrected chi connectivity index (χ1v) is 7.67. The molecule has 0 saturated heterocycles. The van der Waals surface area contributed by atoms with Gasteiger partial charge < -0.3 is 5.73 Å². The molecule has 20 heavy (non-hydrogen) atoms. The maximum Gasteiger partial charge on any atom is 0.270 e. The third kappa shape index (κ3) is 3.32. The number of hydrogen-bond donors (Lipinski definition) is 1. The largest absolute Gasteiger partial charge is 0.398 e. The van der Waals surface area contributed by atoms with E-state index < -0.39 is 4.92 Å². The Hall–Kier alpha value is -1.53. The Labute approximate surface area is 129 Å². The summed E-state index contributed by atoms with van der Waals surface area (Å²) in [6.07, 6.45) is 0. The first-order chi connectivity index (χ1) is 9.49.